The van der Waals surface area contributed by atoms with Crippen molar-refractivity contribution in [1.82, 2.24) is 4.90 Å². The predicted octanol–water partition coefficient (Wildman–Crippen LogP) is 11.3. The van der Waals surface area contributed by atoms with Crippen LogP contribution in [0.3, 0.4) is 0 Å². The second-order valence-electron chi connectivity index (χ2n) is 13.0. The van der Waals surface area contributed by atoms with Crippen LogP contribution < -0.4 is 0 Å². The highest BCUT2D eigenvalue weighted by Gasteiger charge is 2.16. The molecule has 0 fully saturated rings. The topological polar surface area (TPSA) is 65.1 Å². The Bertz CT molecular complexity index is 666. The summed E-state index contributed by atoms with van der Waals surface area (Å²) >= 11 is 0. The van der Waals surface area contributed by atoms with E-state index in [2.05, 4.69) is 30.9 Å². The van der Waals surface area contributed by atoms with Gasteiger partial charge in [0.25, 0.3) is 0 Å². The zero-order valence-electron chi connectivity index (χ0n) is 29.9. The van der Waals surface area contributed by atoms with Gasteiger partial charge in [-0.2, -0.15) is 0 Å². The monoisotopic (exact) mass is 624 g/mol. The Morgan fingerprint density at radius 3 is 1.68 bits per heavy atom. The van der Waals surface area contributed by atoms with Gasteiger partial charge in [0.05, 0.1) is 6.61 Å². The number of esters is 1. The molecule has 0 aliphatic heterocycles. The highest BCUT2D eigenvalue weighted by Crippen LogP contribution is 2.18. The van der Waals surface area contributed by atoms with Crippen molar-refractivity contribution in [3.8, 4) is 0 Å². The summed E-state index contributed by atoms with van der Waals surface area (Å²) in [6.45, 7) is 7.82. The molecular weight excluding hydrogens is 550 g/mol. The van der Waals surface area contributed by atoms with Crippen molar-refractivity contribution in [1.29, 1.82) is 0 Å². The van der Waals surface area contributed by atoms with Gasteiger partial charge in [-0.15, -0.1) is 0 Å². The molecular formula is C38H73NO5. The molecule has 6 nitrogen and oxygen atoms in total. The van der Waals surface area contributed by atoms with E-state index >= 15 is 0 Å². The van der Waals surface area contributed by atoms with Gasteiger partial charge in [0, 0.05) is 19.4 Å². The van der Waals surface area contributed by atoms with Gasteiger partial charge in [-0.3, -0.25) is 4.79 Å². The molecule has 2 atom stereocenters. The maximum absolute atomic E-state index is 12.3. The van der Waals surface area contributed by atoms with Gasteiger partial charge < -0.3 is 19.1 Å². The zero-order chi connectivity index (χ0) is 32.5. The lowest BCUT2D eigenvalue weighted by atomic mass is 10.0. The molecule has 0 bridgehead atoms. The number of unbranched alkanes of at least 4 members (excludes halogenated alkanes) is 15. The van der Waals surface area contributed by atoms with E-state index in [4.69, 9.17) is 14.2 Å². The smallest absolute Gasteiger partial charge is 0.462 e. The number of nitrogens with zero attached hydrogens (tertiary/aromatic N) is 1. The lowest BCUT2D eigenvalue weighted by Crippen LogP contribution is -2.21. The fraction of sp³-hybridized carbons (Fsp3) is 0.895. The average Bonchev–Trinajstić information content (AvgIpc) is 2.99. The van der Waals surface area contributed by atoms with E-state index in [0.29, 0.717) is 13.0 Å². The maximum atomic E-state index is 12.3. The standard InChI is InChI=1S/C38H73NO5/c1-6-9-11-13-14-17-21-25-31-36(44-38(41)42-34-27-33-39(4)5)32-26-22-19-16-15-18-20-24-30-35(29-23-12-10-7-2)43-37(40)28-8-3/h20,24,35-36H,6-19,21-23,25-34H2,1-5H3. The van der Waals surface area contributed by atoms with Gasteiger partial charge in [-0.25, -0.2) is 4.79 Å². The Morgan fingerprint density at radius 2 is 1.11 bits per heavy atom. The molecule has 44 heavy (non-hydrogen) atoms. The number of hydrogen-bond acceptors (Lipinski definition) is 6. The van der Waals surface area contributed by atoms with E-state index in [0.717, 1.165) is 70.8 Å². The Morgan fingerprint density at radius 1 is 0.591 bits per heavy atom. The number of carbonyl (C=O) groups excluding carboxylic acids is 2. The first-order chi connectivity index (χ1) is 21.4. The molecule has 0 aliphatic rings. The summed E-state index contributed by atoms with van der Waals surface area (Å²) in [5, 5.41) is 0. The zero-order valence-corrected chi connectivity index (χ0v) is 29.9. The maximum Gasteiger partial charge on any atom is 0.508 e. The normalized spacial score (nSPS) is 13.0. The van der Waals surface area contributed by atoms with Gasteiger partial charge in [0.2, 0.25) is 0 Å². The van der Waals surface area contributed by atoms with Gasteiger partial charge in [-0.05, 0) is 78.3 Å². The summed E-state index contributed by atoms with van der Waals surface area (Å²) in [7, 11) is 4.05. The Hall–Kier alpha value is -1.56. The minimum atomic E-state index is -0.497. The summed E-state index contributed by atoms with van der Waals surface area (Å²) in [6, 6.07) is 0. The minimum Gasteiger partial charge on any atom is -0.462 e. The summed E-state index contributed by atoms with van der Waals surface area (Å²) in [4.78, 5) is 26.4. The number of carbonyl (C=O) groups is 2. The van der Waals surface area contributed by atoms with Gasteiger partial charge in [0.15, 0.2) is 0 Å². The average molecular weight is 624 g/mol. The van der Waals surface area contributed by atoms with Crippen molar-refractivity contribution in [2.24, 2.45) is 0 Å². The molecule has 0 spiro atoms. The van der Waals surface area contributed by atoms with Gasteiger partial charge >= 0.3 is 12.1 Å². The molecule has 2 unspecified atom stereocenters. The predicted molar refractivity (Wildman–Crippen MR) is 186 cm³/mol. The van der Waals surface area contributed by atoms with Crippen molar-refractivity contribution >= 4 is 12.1 Å². The quantitative estimate of drug-likeness (QED) is 0.0422. The van der Waals surface area contributed by atoms with E-state index in [1.807, 2.05) is 21.0 Å². The van der Waals surface area contributed by atoms with Crippen LogP contribution in [0, 0.1) is 0 Å². The van der Waals surface area contributed by atoms with Gasteiger partial charge in [0.1, 0.15) is 12.2 Å². The van der Waals surface area contributed by atoms with E-state index in [1.165, 1.54) is 89.9 Å². The summed E-state index contributed by atoms with van der Waals surface area (Å²) in [5.74, 6) is -0.0521. The van der Waals surface area contributed by atoms with Crippen molar-refractivity contribution in [2.75, 3.05) is 27.2 Å². The molecule has 6 heteroatoms. The molecule has 0 heterocycles. The first-order valence-corrected chi connectivity index (χ1v) is 18.7. The molecule has 0 aromatic heterocycles. The van der Waals surface area contributed by atoms with Crippen LogP contribution in [0.5, 0.6) is 0 Å². The molecule has 0 aliphatic carbocycles. The lowest BCUT2D eigenvalue weighted by Gasteiger charge is -2.18. The molecule has 0 saturated carbocycles. The number of rotatable bonds is 32. The highest BCUT2D eigenvalue weighted by molar-refractivity contribution is 5.69. The van der Waals surface area contributed by atoms with Crippen LogP contribution in [-0.4, -0.2) is 56.5 Å². The number of hydrogen-bond donors (Lipinski definition) is 0. The lowest BCUT2D eigenvalue weighted by molar-refractivity contribution is -0.149. The second kappa shape index (κ2) is 32.8. The minimum absolute atomic E-state index is 0.0263. The molecule has 0 aromatic carbocycles. The van der Waals surface area contributed by atoms with Crippen LogP contribution in [0.1, 0.15) is 181 Å². The Labute approximate surface area is 273 Å². The fourth-order valence-electron chi connectivity index (χ4n) is 5.48. The molecule has 0 rings (SSSR count). The Kier molecular flexibility index (Phi) is 31.7. The molecule has 0 N–H and O–H groups in total. The van der Waals surface area contributed by atoms with Crippen LogP contribution >= 0.6 is 0 Å². The van der Waals surface area contributed by atoms with E-state index < -0.39 is 6.16 Å². The second-order valence-corrected chi connectivity index (χ2v) is 13.0. The Balaban J connectivity index is 4.29. The number of ether oxygens (including phenoxy) is 3. The van der Waals surface area contributed by atoms with Gasteiger partial charge in [-0.1, -0.05) is 116 Å². The first-order valence-electron chi connectivity index (χ1n) is 18.7. The van der Waals surface area contributed by atoms with Crippen molar-refractivity contribution in [3.05, 3.63) is 12.2 Å². The molecule has 260 valence electrons. The highest BCUT2D eigenvalue weighted by atomic mass is 16.7. The summed E-state index contributed by atoms with van der Waals surface area (Å²) in [6.07, 6.45) is 31.9. The van der Waals surface area contributed by atoms with Crippen molar-refractivity contribution < 1.29 is 23.8 Å². The van der Waals surface area contributed by atoms with E-state index in [1.54, 1.807) is 0 Å². The number of allylic oxidation sites excluding steroid dienone is 1. The third kappa shape index (κ3) is 30.5. The van der Waals surface area contributed by atoms with Crippen molar-refractivity contribution in [3.63, 3.8) is 0 Å². The fourth-order valence-corrected chi connectivity index (χ4v) is 5.48. The third-order valence-corrected chi connectivity index (χ3v) is 8.21. The van der Waals surface area contributed by atoms with Crippen LogP contribution in [0.2, 0.25) is 0 Å². The molecule has 0 aromatic rings. The largest absolute Gasteiger partial charge is 0.508 e. The SMILES string of the molecule is CCCCCCCCCCC(CCCCCCCC=CCC(CCCCCC)OC(=O)CCC)OC(=O)OCCCN(C)C. The van der Waals surface area contributed by atoms with Crippen LogP contribution in [0.15, 0.2) is 12.2 Å². The van der Waals surface area contributed by atoms with Crippen molar-refractivity contribution in [2.45, 2.75) is 193 Å². The molecule has 0 saturated heterocycles. The first kappa shape index (κ1) is 42.4. The van der Waals surface area contributed by atoms with E-state index in [9.17, 15) is 9.59 Å². The van der Waals surface area contributed by atoms with Crippen LogP contribution in [0.4, 0.5) is 4.79 Å². The molecule has 0 radical (unpaired) electrons. The van der Waals surface area contributed by atoms with E-state index in [-0.39, 0.29) is 18.2 Å². The molecule has 0 amide bonds. The van der Waals surface area contributed by atoms with Crippen LogP contribution in [0.25, 0.3) is 0 Å². The van der Waals surface area contributed by atoms with Crippen LogP contribution in [-0.2, 0) is 19.0 Å². The summed E-state index contributed by atoms with van der Waals surface area (Å²) in [5.41, 5.74) is 0. The summed E-state index contributed by atoms with van der Waals surface area (Å²) < 4.78 is 16.9. The third-order valence-electron chi connectivity index (χ3n) is 8.21.